The number of hydrogen-bond acceptors (Lipinski definition) is 2. The molecule has 6 aromatic heterocycles. The maximum atomic E-state index is 13.3. The second-order valence-corrected chi connectivity index (χ2v) is 39.5. The number of aromatic nitrogens is 6. The molecule has 0 unspecified atom stereocenters. The second kappa shape index (κ2) is 33.8. The monoisotopic (exact) mass is 2090 g/mol. The van der Waals surface area contributed by atoms with E-state index in [4.69, 9.17) is 0 Å². The first-order valence-corrected chi connectivity index (χ1v) is 48.6. The smallest absolute Gasteiger partial charge is 0.268 e. The summed E-state index contributed by atoms with van der Waals surface area (Å²) < 4.78 is 41.8. The number of halogens is 5. The first-order valence-electron chi connectivity index (χ1n) is 44.0. The molecule has 0 amide bonds. The van der Waals surface area contributed by atoms with Crippen LogP contribution in [0.1, 0.15) is 38.9 Å². The van der Waals surface area contributed by atoms with Crippen molar-refractivity contribution in [2.75, 3.05) is 0 Å². The SMILES string of the molecule is Brc1ccc2c(c1)-c1cc(Br)ccc1C2.Cc1ccc(S(=O)(=O)n2c3ccc(Br)cc3c3cc(Br)ccc32)cc1.[I-].c1ccc2c(c1)Cc1ccccc1-2.c1ccc2c(c1)c1ccccc1n2-c1ccc2[nH]c3ccc(-n4c5ccccc5c5ccccc54)cc3c2c1.c1ccc2c(c1)c1ccccc1n2-c1ccc2c(c1)-c1cc(-n3c4ccccc4c4ccccc43)ccc1C2. The van der Waals surface area contributed by atoms with Crippen LogP contribution in [0.4, 0.5) is 0 Å². The maximum absolute atomic E-state index is 13.3. The minimum absolute atomic E-state index is 0. The Morgan fingerprint density at radius 3 is 0.818 bits per heavy atom. The lowest BCUT2D eigenvalue weighted by Gasteiger charge is -2.12. The Morgan fingerprint density at radius 1 is 0.227 bits per heavy atom. The van der Waals surface area contributed by atoms with Gasteiger partial charge in [-0.25, -0.2) is 12.4 Å². The Morgan fingerprint density at radius 2 is 0.485 bits per heavy atom. The predicted octanol–water partition coefficient (Wildman–Crippen LogP) is 29.9. The van der Waals surface area contributed by atoms with Gasteiger partial charge >= 0.3 is 0 Å². The van der Waals surface area contributed by atoms with Gasteiger partial charge in [-0.3, -0.25) is 0 Å². The highest BCUT2D eigenvalue weighted by Crippen LogP contribution is 2.46. The molecule has 0 saturated carbocycles. The van der Waals surface area contributed by atoms with Crippen molar-refractivity contribution < 1.29 is 32.4 Å². The van der Waals surface area contributed by atoms with E-state index in [1.807, 2.05) is 55.5 Å². The first kappa shape index (κ1) is 83.0. The standard InChI is InChI=1S/C37H24N2.C36H23N3.C19H13Br2NO2S.C13H8Br2.C13H10.HI/c1-5-13-34-28(9-1)29-10-2-6-14-35(29)38(34)26-19-17-24-21-25-18-20-27(23-33(25)32(24)22-26)39-36-15-7-3-11-30(36)31-12-4-8-16-37(31)39;1-5-13-33-25(9-1)26-10-2-6-14-34(26)38(33)23-17-19-31-29(21-23)30-22-24(18-20-32(30)37-31)39-35-15-7-3-11-27(35)28-12-4-8-16-36(28)39;1-12-2-6-15(7-3-12)25(23,24)22-18-8-4-13(20)10-16(18)17-11-14(21)5-9-19(17)22;14-10-3-1-8-5-9-2-4-11(15)7-13(9)12(8)6-10;1-3-7-12-10(5-1)9-11-6-2-4-8-13(11)12;/h1-20,22-23H,21H2;1-22,37H;2-11H,1H3;1-4,6-7H,5H2;1-8H,9H2;1H/p-1. The minimum Gasteiger partial charge on any atom is -1.00 e. The number of rotatable bonds is 6. The lowest BCUT2D eigenvalue weighted by atomic mass is 10.0. The summed E-state index contributed by atoms with van der Waals surface area (Å²) in [6.45, 7) is 1.94. The van der Waals surface area contributed by atoms with Crippen molar-refractivity contribution in [1.29, 1.82) is 0 Å². The fourth-order valence-electron chi connectivity index (χ4n) is 20.6. The average Bonchev–Trinajstić information content (AvgIpc) is 1.59. The van der Waals surface area contributed by atoms with Crippen LogP contribution in [-0.4, -0.2) is 35.6 Å². The highest BCUT2D eigenvalue weighted by Gasteiger charge is 2.28. The van der Waals surface area contributed by atoms with Crippen LogP contribution in [-0.2, 0) is 29.3 Å². The molecular weight excluding hydrogens is 2010 g/mol. The van der Waals surface area contributed by atoms with E-state index < -0.39 is 10.0 Å². The fraction of sp³-hybridized carbons (Fsp3) is 0.0339. The molecule has 634 valence electrons. The zero-order valence-electron chi connectivity index (χ0n) is 71.2. The molecule has 3 aliphatic rings. The highest BCUT2D eigenvalue weighted by atomic mass is 127. The predicted molar refractivity (Wildman–Crippen MR) is 561 cm³/mol. The summed E-state index contributed by atoms with van der Waals surface area (Å²) in [7, 11) is -3.71. The van der Waals surface area contributed by atoms with Gasteiger partial charge in [0.1, 0.15) is 0 Å². The molecule has 14 heteroatoms. The van der Waals surface area contributed by atoms with E-state index in [0.29, 0.717) is 11.0 Å². The van der Waals surface area contributed by atoms with E-state index >= 15 is 0 Å². The molecular formula is C118H78Br4IN6O2S-. The van der Waals surface area contributed by atoms with Crippen LogP contribution in [0.3, 0.4) is 0 Å². The van der Waals surface area contributed by atoms with Crippen LogP contribution in [0.25, 0.3) is 187 Å². The normalized spacial score (nSPS) is 12.2. The van der Waals surface area contributed by atoms with E-state index in [-0.39, 0.29) is 28.9 Å². The van der Waals surface area contributed by atoms with Gasteiger partial charge in [-0.15, -0.1) is 0 Å². The molecule has 25 aromatic rings. The lowest BCUT2D eigenvalue weighted by Crippen LogP contribution is -3.00. The van der Waals surface area contributed by atoms with Gasteiger partial charge < -0.3 is 47.2 Å². The van der Waals surface area contributed by atoms with Gasteiger partial charge in [-0.05, 0) is 275 Å². The molecule has 1 N–H and O–H groups in total. The fourth-order valence-corrected chi connectivity index (χ4v) is 23.5. The van der Waals surface area contributed by atoms with Gasteiger partial charge in [-0.2, -0.15) is 0 Å². The Hall–Kier alpha value is -13.4. The molecule has 0 atom stereocenters. The number of nitrogens with zero attached hydrogens (tertiary/aromatic N) is 5. The Kier molecular flexibility index (Phi) is 21.2. The van der Waals surface area contributed by atoms with Crippen LogP contribution in [0.5, 0.6) is 0 Å². The molecule has 0 bridgehead atoms. The molecule has 8 nitrogen and oxygen atoms in total. The van der Waals surface area contributed by atoms with Crippen LogP contribution < -0.4 is 24.0 Å². The van der Waals surface area contributed by atoms with Crippen molar-refractivity contribution >= 4 is 205 Å². The topological polar surface area (TPSA) is 74.6 Å². The van der Waals surface area contributed by atoms with E-state index in [1.165, 1.54) is 191 Å². The molecule has 0 radical (unpaired) electrons. The van der Waals surface area contributed by atoms with Crippen molar-refractivity contribution in [3.05, 3.63) is 469 Å². The van der Waals surface area contributed by atoms with Crippen molar-refractivity contribution in [3.63, 3.8) is 0 Å². The van der Waals surface area contributed by atoms with E-state index in [9.17, 15) is 8.42 Å². The summed E-state index contributed by atoms with van der Waals surface area (Å²) in [6, 6.07) is 146. The molecule has 19 aromatic carbocycles. The Balaban J connectivity index is 0.0000000991. The molecule has 28 rings (SSSR count). The minimum atomic E-state index is -3.71. The van der Waals surface area contributed by atoms with Crippen molar-refractivity contribution in [1.82, 2.24) is 27.2 Å². The van der Waals surface area contributed by atoms with Crippen molar-refractivity contribution in [3.8, 4) is 56.1 Å². The summed E-state index contributed by atoms with van der Waals surface area (Å²) in [5.41, 5.74) is 36.1. The third kappa shape index (κ3) is 14.3. The summed E-state index contributed by atoms with van der Waals surface area (Å²) in [6.07, 6.45) is 3.14. The molecule has 3 aliphatic carbocycles. The first-order chi connectivity index (χ1) is 64.3. The highest BCUT2D eigenvalue weighted by molar-refractivity contribution is 9.11. The lowest BCUT2D eigenvalue weighted by molar-refractivity contribution is -0.0000264. The van der Waals surface area contributed by atoms with Crippen LogP contribution in [0, 0.1) is 6.92 Å². The summed E-state index contributed by atoms with van der Waals surface area (Å²) in [5.74, 6) is 0. The third-order valence-electron chi connectivity index (χ3n) is 26.5. The Bertz CT molecular complexity index is 8450. The zero-order chi connectivity index (χ0) is 87.9. The number of hydrogen-bond donors (Lipinski definition) is 1. The molecule has 0 spiro atoms. The maximum Gasteiger partial charge on any atom is 0.268 e. The quantitative estimate of drug-likeness (QED) is 0.168. The van der Waals surface area contributed by atoms with Crippen LogP contribution in [0.15, 0.2) is 435 Å². The number of nitrogens with one attached hydrogen (secondary N) is 1. The number of para-hydroxylation sites is 8. The number of fused-ring (bicyclic) bond motifs is 27. The molecule has 0 aliphatic heterocycles. The van der Waals surface area contributed by atoms with Gasteiger partial charge in [-0.1, -0.05) is 300 Å². The Labute approximate surface area is 812 Å². The van der Waals surface area contributed by atoms with E-state index in [1.54, 1.807) is 12.1 Å². The zero-order valence-corrected chi connectivity index (χ0v) is 80.5. The molecule has 0 saturated heterocycles. The largest absolute Gasteiger partial charge is 1.00 e. The van der Waals surface area contributed by atoms with Gasteiger partial charge in [0.25, 0.3) is 10.0 Å². The van der Waals surface area contributed by atoms with Gasteiger partial charge in [0.2, 0.25) is 0 Å². The van der Waals surface area contributed by atoms with Crippen molar-refractivity contribution in [2.24, 2.45) is 0 Å². The number of benzene rings is 19. The number of aromatic amines is 1. The molecule has 6 heterocycles. The summed E-state index contributed by atoms with van der Waals surface area (Å²) >= 11 is 14.0. The van der Waals surface area contributed by atoms with Gasteiger partial charge in [0.15, 0.2) is 0 Å². The number of H-pyrrole nitrogens is 1. The van der Waals surface area contributed by atoms with E-state index in [2.05, 4.69) is 439 Å². The van der Waals surface area contributed by atoms with Gasteiger partial charge in [0, 0.05) is 116 Å². The van der Waals surface area contributed by atoms with E-state index in [0.717, 1.165) is 64.5 Å². The second-order valence-electron chi connectivity index (χ2n) is 34.1. The number of aryl methyl sites for hydroxylation is 1. The average molecular weight is 2090 g/mol. The summed E-state index contributed by atoms with van der Waals surface area (Å²) in [4.78, 5) is 3.93. The summed E-state index contributed by atoms with van der Waals surface area (Å²) in [5, 5.41) is 14.5. The molecule has 0 fully saturated rings. The third-order valence-corrected chi connectivity index (χ3v) is 30.2. The van der Waals surface area contributed by atoms with Gasteiger partial charge in [0.05, 0.1) is 60.1 Å². The van der Waals surface area contributed by atoms with Crippen molar-refractivity contribution in [2.45, 2.75) is 31.1 Å². The molecule has 132 heavy (non-hydrogen) atoms. The van der Waals surface area contributed by atoms with Crippen LogP contribution >= 0.6 is 63.7 Å². The van der Waals surface area contributed by atoms with Crippen LogP contribution in [0.2, 0.25) is 0 Å².